The zero-order chi connectivity index (χ0) is 24.3. The van der Waals surface area contributed by atoms with Crippen molar-refractivity contribution in [2.24, 2.45) is 0 Å². The van der Waals surface area contributed by atoms with Crippen molar-refractivity contribution >= 4 is 5.91 Å². The third kappa shape index (κ3) is 5.04. The van der Waals surface area contributed by atoms with E-state index in [1.807, 2.05) is 42.5 Å². The van der Waals surface area contributed by atoms with Crippen LogP contribution in [0.2, 0.25) is 0 Å². The van der Waals surface area contributed by atoms with Crippen molar-refractivity contribution in [2.75, 3.05) is 39.3 Å². The van der Waals surface area contributed by atoms with Gasteiger partial charge in [0.05, 0.1) is 6.54 Å². The maximum atomic E-state index is 13.0. The van der Waals surface area contributed by atoms with Gasteiger partial charge in [0.25, 0.3) is 0 Å². The summed E-state index contributed by atoms with van der Waals surface area (Å²) in [6.07, 6.45) is 5.02. The van der Waals surface area contributed by atoms with E-state index in [0.29, 0.717) is 6.54 Å². The highest BCUT2D eigenvalue weighted by Gasteiger charge is 2.30. The van der Waals surface area contributed by atoms with E-state index >= 15 is 0 Å². The molecule has 1 saturated heterocycles. The molecule has 0 bridgehead atoms. The predicted molar refractivity (Wildman–Crippen MR) is 143 cm³/mol. The van der Waals surface area contributed by atoms with Crippen LogP contribution >= 0.6 is 0 Å². The molecule has 0 aromatic heterocycles. The van der Waals surface area contributed by atoms with E-state index in [0.717, 1.165) is 68.8 Å². The molecule has 2 fully saturated rings. The molecule has 1 aliphatic carbocycles. The Bertz CT molecular complexity index is 1200. The van der Waals surface area contributed by atoms with Gasteiger partial charge in [0.15, 0.2) is 0 Å². The number of nitrogens with zero attached hydrogens (tertiary/aromatic N) is 3. The van der Waals surface area contributed by atoms with Crippen molar-refractivity contribution in [2.45, 2.75) is 38.3 Å². The number of piperazine rings is 1. The van der Waals surface area contributed by atoms with E-state index < -0.39 is 0 Å². The second kappa shape index (κ2) is 10.5. The number of hydrogen-bond acceptors (Lipinski definition) is 4. The van der Waals surface area contributed by atoms with E-state index in [4.69, 9.17) is 4.74 Å². The number of amides is 1. The van der Waals surface area contributed by atoms with Gasteiger partial charge in [-0.15, -0.1) is 0 Å². The molecule has 1 saturated carbocycles. The summed E-state index contributed by atoms with van der Waals surface area (Å²) in [6, 6.07) is 25.7. The molecule has 0 N–H and O–H groups in total. The fraction of sp³-hybridized carbons (Fsp3) is 0.387. The lowest BCUT2D eigenvalue weighted by molar-refractivity contribution is -0.135. The van der Waals surface area contributed by atoms with Crippen LogP contribution < -0.4 is 4.74 Å². The summed E-state index contributed by atoms with van der Waals surface area (Å²) in [7, 11) is 0. The van der Waals surface area contributed by atoms with Gasteiger partial charge < -0.3 is 9.64 Å². The first-order chi connectivity index (χ1) is 17.7. The smallest absolute Gasteiger partial charge is 0.236 e. The SMILES string of the molecule is O=C(CN1CCc2cc(-c3ccccc3Oc3ccccc3)ccc2C1)N1CCN(C2CCC2)CC1. The molecule has 3 aromatic carbocycles. The van der Waals surface area contributed by atoms with Crippen LogP contribution in [0.1, 0.15) is 30.4 Å². The van der Waals surface area contributed by atoms with Crippen LogP contribution in [0, 0.1) is 0 Å². The monoisotopic (exact) mass is 481 g/mol. The molecule has 0 radical (unpaired) electrons. The summed E-state index contributed by atoms with van der Waals surface area (Å²) in [5.74, 6) is 1.99. The summed E-state index contributed by atoms with van der Waals surface area (Å²) >= 11 is 0. The molecule has 0 unspecified atom stereocenters. The number of rotatable bonds is 6. The first kappa shape index (κ1) is 23.3. The summed E-state index contributed by atoms with van der Waals surface area (Å²) in [6.45, 7) is 6.13. The molecular formula is C31H35N3O2. The van der Waals surface area contributed by atoms with Crippen molar-refractivity contribution in [3.05, 3.63) is 83.9 Å². The topological polar surface area (TPSA) is 36.0 Å². The van der Waals surface area contributed by atoms with Gasteiger partial charge >= 0.3 is 0 Å². The van der Waals surface area contributed by atoms with E-state index in [1.54, 1.807) is 0 Å². The second-order valence-electron chi connectivity index (χ2n) is 10.4. The molecule has 5 heteroatoms. The van der Waals surface area contributed by atoms with Crippen molar-refractivity contribution in [3.63, 3.8) is 0 Å². The first-order valence-electron chi connectivity index (χ1n) is 13.4. The van der Waals surface area contributed by atoms with Crippen molar-refractivity contribution in [1.82, 2.24) is 14.7 Å². The Labute approximate surface area is 214 Å². The Kier molecular flexibility index (Phi) is 6.75. The third-order valence-electron chi connectivity index (χ3n) is 8.08. The average Bonchev–Trinajstić information content (AvgIpc) is 2.89. The van der Waals surface area contributed by atoms with E-state index in [2.05, 4.69) is 45.0 Å². The number of para-hydroxylation sites is 2. The maximum absolute atomic E-state index is 13.0. The fourth-order valence-electron chi connectivity index (χ4n) is 5.70. The van der Waals surface area contributed by atoms with E-state index in [1.165, 1.54) is 36.0 Å². The zero-order valence-electron chi connectivity index (χ0n) is 20.9. The Morgan fingerprint density at radius 2 is 1.61 bits per heavy atom. The number of carbonyl (C=O) groups is 1. The molecule has 36 heavy (non-hydrogen) atoms. The lowest BCUT2D eigenvalue weighted by atomic mass is 9.91. The quantitative estimate of drug-likeness (QED) is 0.485. The lowest BCUT2D eigenvalue weighted by Gasteiger charge is -2.43. The Hall–Kier alpha value is -3.15. The van der Waals surface area contributed by atoms with Crippen LogP contribution in [0.3, 0.4) is 0 Å². The van der Waals surface area contributed by atoms with Crippen LogP contribution in [0.15, 0.2) is 72.8 Å². The molecule has 1 amide bonds. The summed E-state index contributed by atoms with van der Waals surface area (Å²) in [4.78, 5) is 20.0. The van der Waals surface area contributed by atoms with Crippen molar-refractivity contribution < 1.29 is 9.53 Å². The van der Waals surface area contributed by atoms with Crippen molar-refractivity contribution in [3.8, 4) is 22.6 Å². The molecule has 6 rings (SSSR count). The van der Waals surface area contributed by atoms with Crippen LogP contribution in [-0.2, 0) is 17.8 Å². The molecule has 3 aliphatic rings. The van der Waals surface area contributed by atoms with Gasteiger partial charge in [-0.1, -0.05) is 61.0 Å². The number of benzene rings is 3. The van der Waals surface area contributed by atoms with Gasteiger partial charge in [0, 0.05) is 50.9 Å². The largest absolute Gasteiger partial charge is 0.457 e. The Balaban J connectivity index is 1.09. The first-order valence-corrected chi connectivity index (χ1v) is 13.4. The van der Waals surface area contributed by atoms with E-state index in [9.17, 15) is 4.79 Å². The predicted octanol–water partition coefficient (Wildman–Crippen LogP) is 5.20. The molecule has 2 aliphatic heterocycles. The molecule has 186 valence electrons. The highest BCUT2D eigenvalue weighted by atomic mass is 16.5. The minimum Gasteiger partial charge on any atom is -0.457 e. The highest BCUT2D eigenvalue weighted by molar-refractivity contribution is 5.78. The minimum atomic E-state index is 0.287. The Morgan fingerprint density at radius 1 is 0.833 bits per heavy atom. The van der Waals surface area contributed by atoms with Gasteiger partial charge in [-0.3, -0.25) is 14.6 Å². The van der Waals surface area contributed by atoms with Gasteiger partial charge in [0.1, 0.15) is 11.5 Å². The number of hydrogen-bond donors (Lipinski definition) is 0. The molecule has 5 nitrogen and oxygen atoms in total. The van der Waals surface area contributed by atoms with Crippen molar-refractivity contribution in [1.29, 1.82) is 0 Å². The fourth-order valence-corrected chi connectivity index (χ4v) is 5.70. The summed E-state index contributed by atoms with van der Waals surface area (Å²) in [5, 5.41) is 0. The lowest BCUT2D eigenvalue weighted by Crippen LogP contribution is -2.55. The van der Waals surface area contributed by atoms with Gasteiger partial charge in [-0.2, -0.15) is 0 Å². The van der Waals surface area contributed by atoms with Crippen LogP contribution in [0.25, 0.3) is 11.1 Å². The Morgan fingerprint density at radius 3 is 2.39 bits per heavy atom. The number of fused-ring (bicyclic) bond motifs is 1. The normalized spacial score (nSPS) is 18.9. The summed E-state index contributed by atoms with van der Waals surface area (Å²) in [5.41, 5.74) is 4.98. The average molecular weight is 482 g/mol. The van der Waals surface area contributed by atoms with Gasteiger partial charge in [0.2, 0.25) is 5.91 Å². The van der Waals surface area contributed by atoms with Crippen LogP contribution in [-0.4, -0.2) is 65.9 Å². The number of carbonyl (C=O) groups excluding carboxylic acids is 1. The van der Waals surface area contributed by atoms with E-state index in [-0.39, 0.29) is 5.91 Å². The molecular weight excluding hydrogens is 446 g/mol. The zero-order valence-corrected chi connectivity index (χ0v) is 20.9. The molecule has 0 spiro atoms. The van der Waals surface area contributed by atoms with Gasteiger partial charge in [-0.25, -0.2) is 0 Å². The summed E-state index contributed by atoms with van der Waals surface area (Å²) < 4.78 is 6.20. The minimum absolute atomic E-state index is 0.287. The molecule has 2 heterocycles. The number of ether oxygens (including phenoxy) is 1. The molecule has 0 atom stereocenters. The maximum Gasteiger partial charge on any atom is 0.236 e. The second-order valence-corrected chi connectivity index (χ2v) is 10.4. The van der Waals surface area contributed by atoms with Crippen LogP contribution in [0.4, 0.5) is 0 Å². The molecule has 3 aromatic rings. The van der Waals surface area contributed by atoms with Crippen LogP contribution in [0.5, 0.6) is 11.5 Å². The van der Waals surface area contributed by atoms with Gasteiger partial charge in [-0.05, 0) is 54.2 Å². The third-order valence-corrected chi connectivity index (χ3v) is 8.08. The standard InChI is InChI=1S/C31H35N3O2/c35-31(34-19-17-33(18-20-34)27-7-6-8-27)23-32-16-15-24-21-25(13-14-26(24)22-32)29-11-4-5-12-30(29)36-28-9-2-1-3-10-28/h1-5,9-14,21,27H,6-8,15-20,22-23H2. The highest BCUT2D eigenvalue weighted by Crippen LogP contribution is 2.35.